The largest absolute Gasteiger partial charge is 0.490 e. The number of nitrogens with zero attached hydrogens (tertiary/aromatic N) is 1. The number of hydrogen-bond acceptors (Lipinski definition) is 3. The van der Waals surface area contributed by atoms with E-state index in [1.807, 2.05) is 32.3 Å². The van der Waals surface area contributed by atoms with Gasteiger partial charge >= 0.3 is 0 Å². The molecule has 0 aliphatic rings. The quantitative estimate of drug-likeness (QED) is 0.822. The molecule has 0 saturated heterocycles. The van der Waals surface area contributed by atoms with Gasteiger partial charge in [0.05, 0.1) is 26.7 Å². The van der Waals surface area contributed by atoms with Crippen LogP contribution in [0.4, 0.5) is 0 Å². The highest BCUT2D eigenvalue weighted by Crippen LogP contribution is 2.34. The van der Waals surface area contributed by atoms with Gasteiger partial charge in [0.2, 0.25) is 0 Å². The summed E-state index contributed by atoms with van der Waals surface area (Å²) in [4.78, 5) is 5.48. The smallest absolute Gasteiger partial charge is 0.133 e. The molecule has 0 aliphatic carbocycles. The molecule has 1 heterocycles. The van der Waals surface area contributed by atoms with E-state index in [4.69, 9.17) is 4.74 Å². The molecular weight excluding hydrogens is 298 g/mol. The molecule has 1 aromatic heterocycles. The number of benzene rings is 1. The lowest BCUT2D eigenvalue weighted by Crippen LogP contribution is -2.05. The van der Waals surface area contributed by atoms with E-state index < -0.39 is 0 Å². The van der Waals surface area contributed by atoms with E-state index in [0.717, 1.165) is 15.9 Å². The number of ether oxygens (including phenoxy) is 1. The average molecular weight is 312 g/mol. The highest BCUT2D eigenvalue weighted by Gasteiger charge is 2.09. The van der Waals surface area contributed by atoms with Crippen LogP contribution in [-0.2, 0) is 0 Å². The molecule has 4 heteroatoms. The van der Waals surface area contributed by atoms with Crippen molar-refractivity contribution in [2.24, 2.45) is 0 Å². The third-order valence-electron chi connectivity index (χ3n) is 2.30. The van der Waals surface area contributed by atoms with Gasteiger partial charge in [-0.05, 0) is 60.5 Å². The topological polar surface area (TPSA) is 22.1 Å². The van der Waals surface area contributed by atoms with E-state index >= 15 is 0 Å². The molecule has 2 aromatic rings. The molecule has 0 atom stereocenters. The van der Waals surface area contributed by atoms with Crippen LogP contribution < -0.4 is 4.74 Å². The second-order valence-electron chi connectivity index (χ2n) is 4.08. The fourth-order valence-corrected chi connectivity index (χ4v) is 2.85. The summed E-state index contributed by atoms with van der Waals surface area (Å²) in [5.74, 6) is 0.880. The molecule has 0 spiro atoms. The summed E-state index contributed by atoms with van der Waals surface area (Å²) >= 11 is 5.20. The summed E-state index contributed by atoms with van der Waals surface area (Å²) < 4.78 is 6.67. The van der Waals surface area contributed by atoms with Gasteiger partial charge in [0.1, 0.15) is 5.75 Å². The second-order valence-corrected chi connectivity index (χ2v) is 5.79. The molecule has 90 valence electrons. The van der Waals surface area contributed by atoms with Crippen LogP contribution in [0.25, 0.3) is 10.4 Å². The van der Waals surface area contributed by atoms with Crippen molar-refractivity contribution in [1.82, 2.24) is 4.98 Å². The number of thiazole rings is 1. The Bertz CT molecular complexity index is 522. The molecule has 0 unspecified atom stereocenters. The molecule has 0 aliphatic heterocycles. The molecule has 17 heavy (non-hydrogen) atoms. The Hall–Kier alpha value is -0.870. The van der Waals surface area contributed by atoms with Gasteiger partial charge in [0.15, 0.2) is 0 Å². The summed E-state index contributed by atoms with van der Waals surface area (Å²) in [7, 11) is 0. The van der Waals surface area contributed by atoms with Crippen molar-refractivity contribution < 1.29 is 4.74 Å². The molecule has 0 bridgehead atoms. The van der Waals surface area contributed by atoms with Crippen molar-refractivity contribution in [2.75, 3.05) is 0 Å². The molecule has 0 N–H and O–H groups in total. The SMILES string of the molecule is Cc1ncsc1-c1ccc(OC(C)C)c(Br)c1. The Morgan fingerprint density at radius 1 is 1.35 bits per heavy atom. The lowest BCUT2D eigenvalue weighted by atomic mass is 10.1. The van der Waals surface area contributed by atoms with Crippen LogP contribution in [0.3, 0.4) is 0 Å². The number of aryl methyl sites for hydroxylation is 1. The van der Waals surface area contributed by atoms with Crippen LogP contribution >= 0.6 is 27.3 Å². The van der Waals surface area contributed by atoms with Gasteiger partial charge in [-0.3, -0.25) is 0 Å². The maximum atomic E-state index is 5.69. The normalized spacial score (nSPS) is 10.9. The Kier molecular flexibility index (Phi) is 3.84. The van der Waals surface area contributed by atoms with Gasteiger partial charge in [0.25, 0.3) is 0 Å². The minimum absolute atomic E-state index is 0.183. The van der Waals surface area contributed by atoms with Crippen LogP contribution in [-0.4, -0.2) is 11.1 Å². The Morgan fingerprint density at radius 2 is 2.12 bits per heavy atom. The number of aromatic nitrogens is 1. The zero-order valence-electron chi connectivity index (χ0n) is 10.0. The van der Waals surface area contributed by atoms with Crippen LogP contribution in [0.1, 0.15) is 19.5 Å². The molecule has 0 saturated carbocycles. The monoisotopic (exact) mass is 311 g/mol. The van der Waals surface area contributed by atoms with Gasteiger partial charge in [-0.1, -0.05) is 0 Å². The first-order chi connectivity index (χ1) is 8.08. The molecule has 2 nitrogen and oxygen atoms in total. The van der Waals surface area contributed by atoms with E-state index in [2.05, 4.69) is 33.0 Å². The summed E-state index contributed by atoms with van der Waals surface area (Å²) in [6.45, 7) is 6.07. The molecular formula is C13H14BrNOS. The minimum atomic E-state index is 0.183. The Labute approximate surface area is 114 Å². The van der Waals surface area contributed by atoms with Crippen LogP contribution in [0.15, 0.2) is 28.2 Å². The Balaban J connectivity index is 2.34. The molecule has 0 radical (unpaired) electrons. The Morgan fingerprint density at radius 3 is 2.65 bits per heavy atom. The van der Waals surface area contributed by atoms with Crippen LogP contribution in [0.2, 0.25) is 0 Å². The van der Waals surface area contributed by atoms with Crippen molar-refractivity contribution in [3.05, 3.63) is 33.9 Å². The maximum Gasteiger partial charge on any atom is 0.133 e. The van der Waals surface area contributed by atoms with Gasteiger partial charge in [0, 0.05) is 0 Å². The number of halogens is 1. The first-order valence-electron chi connectivity index (χ1n) is 5.44. The highest BCUT2D eigenvalue weighted by molar-refractivity contribution is 9.10. The summed E-state index contributed by atoms with van der Waals surface area (Å²) in [6, 6.07) is 6.15. The molecule has 2 rings (SSSR count). The third kappa shape index (κ3) is 2.87. The van der Waals surface area contributed by atoms with Gasteiger partial charge in [-0.15, -0.1) is 11.3 Å². The third-order valence-corrected chi connectivity index (χ3v) is 3.90. The standard InChI is InChI=1S/C13H14BrNOS/c1-8(2)16-12-5-4-10(6-11(12)14)13-9(3)15-7-17-13/h4-8H,1-3H3. The highest BCUT2D eigenvalue weighted by atomic mass is 79.9. The first kappa shape index (κ1) is 12.6. The minimum Gasteiger partial charge on any atom is -0.490 e. The summed E-state index contributed by atoms with van der Waals surface area (Å²) in [5.41, 5.74) is 4.12. The first-order valence-corrected chi connectivity index (χ1v) is 7.12. The maximum absolute atomic E-state index is 5.69. The van der Waals surface area contributed by atoms with E-state index in [1.165, 1.54) is 10.4 Å². The van der Waals surface area contributed by atoms with Gasteiger partial charge in [-0.2, -0.15) is 0 Å². The van der Waals surface area contributed by atoms with E-state index in [9.17, 15) is 0 Å². The van der Waals surface area contributed by atoms with E-state index in [0.29, 0.717) is 0 Å². The predicted octanol–water partition coefficient (Wildman–Crippen LogP) is 4.67. The molecule has 0 fully saturated rings. The number of hydrogen-bond donors (Lipinski definition) is 0. The van der Waals surface area contributed by atoms with Crippen LogP contribution in [0, 0.1) is 6.92 Å². The van der Waals surface area contributed by atoms with Crippen molar-refractivity contribution in [3.8, 4) is 16.2 Å². The van der Waals surface area contributed by atoms with Gasteiger partial charge < -0.3 is 4.74 Å². The summed E-state index contributed by atoms with van der Waals surface area (Å²) in [5, 5.41) is 0. The fraction of sp³-hybridized carbons (Fsp3) is 0.308. The van der Waals surface area contributed by atoms with E-state index in [-0.39, 0.29) is 6.10 Å². The van der Waals surface area contributed by atoms with Crippen molar-refractivity contribution in [1.29, 1.82) is 0 Å². The van der Waals surface area contributed by atoms with Crippen LogP contribution in [0.5, 0.6) is 5.75 Å². The zero-order chi connectivity index (χ0) is 12.4. The number of rotatable bonds is 3. The van der Waals surface area contributed by atoms with E-state index in [1.54, 1.807) is 11.3 Å². The predicted molar refractivity (Wildman–Crippen MR) is 75.8 cm³/mol. The summed E-state index contributed by atoms with van der Waals surface area (Å²) in [6.07, 6.45) is 0.183. The zero-order valence-corrected chi connectivity index (χ0v) is 12.4. The average Bonchev–Trinajstić information content (AvgIpc) is 2.67. The molecule has 1 aromatic carbocycles. The second kappa shape index (κ2) is 5.19. The van der Waals surface area contributed by atoms with Crippen molar-refractivity contribution in [2.45, 2.75) is 26.9 Å². The lowest BCUT2D eigenvalue weighted by molar-refractivity contribution is 0.241. The van der Waals surface area contributed by atoms with Gasteiger partial charge in [-0.25, -0.2) is 4.98 Å². The van der Waals surface area contributed by atoms with Crippen molar-refractivity contribution >= 4 is 27.3 Å². The lowest BCUT2D eigenvalue weighted by Gasteiger charge is -2.12. The fourth-order valence-electron chi connectivity index (χ4n) is 1.57. The molecule has 0 amide bonds. The van der Waals surface area contributed by atoms with Crippen molar-refractivity contribution in [3.63, 3.8) is 0 Å².